The van der Waals surface area contributed by atoms with Gasteiger partial charge >= 0.3 is 0 Å². The van der Waals surface area contributed by atoms with E-state index in [-0.39, 0.29) is 24.2 Å². The second-order valence-corrected chi connectivity index (χ2v) is 12.7. The van der Waals surface area contributed by atoms with Gasteiger partial charge in [-0.15, -0.1) is 11.3 Å². The SMILES string of the molecule is CCCCCCCCCCCC[C@@H](O)[C@H]1CC[C@H]([C@H](O)CCCCCCCCCCNC(=O)c2cccs2)O1. The van der Waals surface area contributed by atoms with Crippen LogP contribution in [0.5, 0.6) is 0 Å². The molecule has 226 valence electrons. The molecule has 2 heterocycles. The summed E-state index contributed by atoms with van der Waals surface area (Å²) in [6.45, 7) is 3.02. The highest BCUT2D eigenvalue weighted by Gasteiger charge is 2.33. The summed E-state index contributed by atoms with van der Waals surface area (Å²) in [4.78, 5) is 12.7. The van der Waals surface area contributed by atoms with Gasteiger partial charge in [0.25, 0.3) is 5.91 Å². The van der Waals surface area contributed by atoms with E-state index in [1.165, 1.54) is 94.8 Å². The first kappa shape index (κ1) is 34.3. The van der Waals surface area contributed by atoms with Crippen molar-refractivity contribution in [2.75, 3.05) is 6.54 Å². The number of nitrogens with one attached hydrogen (secondary N) is 1. The van der Waals surface area contributed by atoms with Crippen LogP contribution in [-0.2, 0) is 4.74 Å². The lowest BCUT2D eigenvalue weighted by molar-refractivity contribution is -0.0786. The second kappa shape index (κ2) is 22.7. The number of carbonyl (C=O) groups excluding carboxylic acids is 1. The van der Waals surface area contributed by atoms with Crippen LogP contribution in [0.1, 0.15) is 158 Å². The predicted molar refractivity (Wildman–Crippen MR) is 165 cm³/mol. The molecule has 1 aromatic rings. The number of ether oxygens (including phenoxy) is 1. The molecule has 39 heavy (non-hydrogen) atoms. The van der Waals surface area contributed by atoms with Gasteiger partial charge in [-0.05, 0) is 43.6 Å². The average molecular weight is 566 g/mol. The minimum absolute atomic E-state index is 0.0474. The van der Waals surface area contributed by atoms with Crippen LogP contribution < -0.4 is 5.32 Å². The third kappa shape index (κ3) is 16.2. The highest BCUT2D eigenvalue weighted by atomic mass is 32.1. The summed E-state index contributed by atoms with van der Waals surface area (Å²) in [7, 11) is 0. The van der Waals surface area contributed by atoms with E-state index < -0.39 is 6.10 Å². The molecular weight excluding hydrogens is 506 g/mol. The van der Waals surface area contributed by atoms with E-state index in [1.54, 1.807) is 0 Å². The van der Waals surface area contributed by atoms with Crippen LogP contribution in [0, 0.1) is 0 Å². The predicted octanol–water partition coefficient (Wildman–Crippen LogP) is 8.57. The molecule has 0 aliphatic carbocycles. The van der Waals surface area contributed by atoms with E-state index in [1.807, 2.05) is 17.5 Å². The Hall–Kier alpha value is -0.950. The lowest BCUT2D eigenvalue weighted by atomic mass is 10.00. The Labute approximate surface area is 243 Å². The molecule has 0 radical (unpaired) electrons. The Kier molecular flexibility index (Phi) is 19.9. The fraction of sp³-hybridized carbons (Fsp3) is 0.848. The molecule has 1 aliphatic heterocycles. The standard InChI is InChI=1S/C33H59NO4S/c1-2-3-4-5-6-7-8-11-14-17-21-28(35)30-24-25-31(38-30)29(36)22-18-15-12-9-10-13-16-19-26-34-33(37)32-23-20-27-39-32/h20,23,27-31,35-36H,2-19,21-22,24-26H2,1H3,(H,34,37)/t28-,29-,30-,31-/m1/s1. The van der Waals surface area contributed by atoms with Gasteiger partial charge in [0.15, 0.2) is 0 Å². The van der Waals surface area contributed by atoms with Crippen LogP contribution in [0.25, 0.3) is 0 Å². The summed E-state index contributed by atoms with van der Waals surface area (Å²) < 4.78 is 6.08. The van der Waals surface area contributed by atoms with Crippen molar-refractivity contribution in [2.45, 2.75) is 173 Å². The Balaban J connectivity index is 1.36. The van der Waals surface area contributed by atoms with Crippen LogP contribution >= 0.6 is 11.3 Å². The molecule has 2 rings (SSSR count). The van der Waals surface area contributed by atoms with Gasteiger partial charge in [-0.2, -0.15) is 0 Å². The lowest BCUT2D eigenvalue weighted by Gasteiger charge is -2.22. The van der Waals surface area contributed by atoms with Crippen LogP contribution in [0.15, 0.2) is 17.5 Å². The smallest absolute Gasteiger partial charge is 0.261 e. The number of rotatable bonds is 25. The molecule has 0 unspecified atom stereocenters. The maximum atomic E-state index is 11.9. The zero-order valence-corrected chi connectivity index (χ0v) is 25.7. The highest BCUT2D eigenvalue weighted by Crippen LogP contribution is 2.28. The third-order valence-electron chi connectivity index (χ3n) is 8.25. The van der Waals surface area contributed by atoms with E-state index in [0.717, 1.165) is 69.2 Å². The van der Waals surface area contributed by atoms with Gasteiger partial charge in [0.2, 0.25) is 0 Å². The van der Waals surface area contributed by atoms with Crippen molar-refractivity contribution < 1.29 is 19.7 Å². The molecule has 6 heteroatoms. The van der Waals surface area contributed by atoms with Crippen molar-refractivity contribution in [3.63, 3.8) is 0 Å². The van der Waals surface area contributed by atoms with E-state index in [2.05, 4.69) is 12.2 Å². The van der Waals surface area contributed by atoms with Gasteiger partial charge in [0, 0.05) is 6.54 Å². The van der Waals surface area contributed by atoms with E-state index in [4.69, 9.17) is 4.74 Å². The van der Waals surface area contributed by atoms with Crippen LogP contribution in [0.4, 0.5) is 0 Å². The molecule has 0 aromatic carbocycles. The number of unbranched alkanes of at least 4 members (excludes halogenated alkanes) is 16. The molecule has 0 saturated carbocycles. The Morgan fingerprint density at radius 1 is 0.795 bits per heavy atom. The number of hydrogen-bond acceptors (Lipinski definition) is 5. The number of hydrogen-bond donors (Lipinski definition) is 3. The lowest BCUT2D eigenvalue weighted by Crippen LogP contribution is -2.31. The molecule has 1 saturated heterocycles. The van der Waals surface area contributed by atoms with Crippen LogP contribution in [0.3, 0.4) is 0 Å². The number of amides is 1. The van der Waals surface area contributed by atoms with Crippen molar-refractivity contribution in [3.8, 4) is 0 Å². The van der Waals surface area contributed by atoms with Gasteiger partial charge < -0.3 is 20.3 Å². The summed E-state index contributed by atoms with van der Waals surface area (Å²) >= 11 is 1.48. The van der Waals surface area contributed by atoms with Crippen molar-refractivity contribution in [1.82, 2.24) is 5.32 Å². The fourth-order valence-corrected chi connectivity index (χ4v) is 6.34. The van der Waals surface area contributed by atoms with Gasteiger partial charge in [0.05, 0.1) is 29.3 Å². The minimum Gasteiger partial charge on any atom is -0.390 e. The average Bonchev–Trinajstić information content (AvgIpc) is 3.66. The number of thiophene rings is 1. The molecule has 5 nitrogen and oxygen atoms in total. The van der Waals surface area contributed by atoms with E-state index in [0.29, 0.717) is 0 Å². The van der Waals surface area contributed by atoms with Gasteiger partial charge in [-0.1, -0.05) is 122 Å². The van der Waals surface area contributed by atoms with Gasteiger partial charge in [-0.3, -0.25) is 4.79 Å². The summed E-state index contributed by atoms with van der Waals surface area (Å²) in [6, 6.07) is 3.77. The highest BCUT2D eigenvalue weighted by molar-refractivity contribution is 7.12. The molecule has 0 bridgehead atoms. The Morgan fingerprint density at radius 2 is 1.26 bits per heavy atom. The maximum Gasteiger partial charge on any atom is 0.261 e. The van der Waals surface area contributed by atoms with Crippen molar-refractivity contribution in [1.29, 1.82) is 0 Å². The molecule has 0 spiro atoms. The van der Waals surface area contributed by atoms with Crippen LogP contribution in [0.2, 0.25) is 0 Å². The Morgan fingerprint density at radius 3 is 1.72 bits per heavy atom. The number of aliphatic hydroxyl groups is 2. The second-order valence-electron chi connectivity index (χ2n) is 11.7. The fourth-order valence-electron chi connectivity index (χ4n) is 5.70. The molecule has 4 atom stereocenters. The monoisotopic (exact) mass is 565 g/mol. The number of aliphatic hydroxyl groups excluding tert-OH is 2. The summed E-state index contributed by atoms with van der Waals surface area (Å²) in [6.07, 6.45) is 24.8. The first-order valence-electron chi connectivity index (χ1n) is 16.4. The van der Waals surface area contributed by atoms with Gasteiger partial charge in [-0.25, -0.2) is 0 Å². The molecule has 1 aromatic heterocycles. The molecular formula is C33H59NO4S. The maximum absolute atomic E-state index is 11.9. The summed E-state index contributed by atoms with van der Waals surface area (Å²) in [5.41, 5.74) is 0. The topological polar surface area (TPSA) is 78.8 Å². The number of carbonyl (C=O) groups is 1. The van der Waals surface area contributed by atoms with Crippen molar-refractivity contribution in [2.24, 2.45) is 0 Å². The first-order valence-corrected chi connectivity index (χ1v) is 17.3. The molecule has 1 fully saturated rings. The zero-order valence-electron chi connectivity index (χ0n) is 24.9. The normalized spacial score (nSPS) is 18.8. The largest absolute Gasteiger partial charge is 0.390 e. The van der Waals surface area contributed by atoms with E-state index >= 15 is 0 Å². The summed E-state index contributed by atoms with van der Waals surface area (Å²) in [5.74, 6) is 0.0474. The third-order valence-corrected chi connectivity index (χ3v) is 9.12. The van der Waals surface area contributed by atoms with Crippen molar-refractivity contribution in [3.05, 3.63) is 22.4 Å². The molecule has 3 N–H and O–H groups in total. The summed E-state index contributed by atoms with van der Waals surface area (Å²) in [5, 5.41) is 26.1. The quantitative estimate of drug-likeness (QED) is 0.104. The minimum atomic E-state index is -0.399. The molecule has 1 amide bonds. The van der Waals surface area contributed by atoms with Crippen molar-refractivity contribution >= 4 is 17.2 Å². The zero-order chi connectivity index (χ0) is 28.0. The first-order chi connectivity index (χ1) is 19.1. The van der Waals surface area contributed by atoms with E-state index in [9.17, 15) is 15.0 Å². The van der Waals surface area contributed by atoms with Crippen LogP contribution in [-0.4, -0.2) is 47.1 Å². The van der Waals surface area contributed by atoms with Gasteiger partial charge in [0.1, 0.15) is 0 Å². The molecule has 1 aliphatic rings. The Bertz CT molecular complexity index is 698.